The molecule has 1 aliphatic rings. The third kappa shape index (κ3) is 1.67. The van der Waals surface area contributed by atoms with Crippen molar-refractivity contribution in [2.45, 2.75) is 26.4 Å². The van der Waals surface area contributed by atoms with Crippen LogP contribution >= 0.6 is 0 Å². The Balaban J connectivity index is 2.31. The Bertz CT molecular complexity index is 388. The number of pyridine rings is 1. The van der Waals surface area contributed by atoms with Gasteiger partial charge in [-0.2, -0.15) is 0 Å². The fourth-order valence-electron chi connectivity index (χ4n) is 2.05. The molecule has 4 heteroatoms. The molecule has 1 aromatic heterocycles. The van der Waals surface area contributed by atoms with Crippen molar-refractivity contribution < 1.29 is 9.50 Å². The summed E-state index contributed by atoms with van der Waals surface area (Å²) in [4.78, 5) is 5.83. The van der Waals surface area contributed by atoms with Gasteiger partial charge in [0.2, 0.25) is 0 Å². The first-order chi connectivity index (χ1) is 7.33. The summed E-state index contributed by atoms with van der Waals surface area (Å²) in [7, 11) is 0. The number of rotatable bonds is 1. The Morgan fingerprint density at radius 2 is 2.06 bits per heavy atom. The van der Waals surface area contributed by atoms with Crippen molar-refractivity contribution in [3.63, 3.8) is 0 Å². The third-order valence-electron chi connectivity index (χ3n) is 3.58. The zero-order valence-corrected chi connectivity index (χ0v) is 9.87. The van der Waals surface area contributed by atoms with Gasteiger partial charge >= 0.3 is 0 Å². The second-order valence-corrected chi connectivity index (χ2v) is 5.32. The first-order valence-electron chi connectivity index (χ1n) is 5.41. The molecule has 1 saturated heterocycles. The van der Waals surface area contributed by atoms with Crippen LogP contribution in [0.25, 0.3) is 0 Å². The highest BCUT2D eigenvalue weighted by Crippen LogP contribution is 2.40. The van der Waals surface area contributed by atoms with Crippen LogP contribution in [0.3, 0.4) is 0 Å². The summed E-state index contributed by atoms with van der Waals surface area (Å²) >= 11 is 0. The summed E-state index contributed by atoms with van der Waals surface area (Å²) in [6.07, 6.45) is 1.57. The molecule has 0 bridgehead atoms. The molecule has 1 N–H and O–H groups in total. The Kier molecular flexibility index (Phi) is 2.42. The van der Waals surface area contributed by atoms with E-state index in [4.69, 9.17) is 0 Å². The van der Waals surface area contributed by atoms with Crippen molar-refractivity contribution in [3.05, 3.63) is 24.1 Å². The second kappa shape index (κ2) is 3.42. The van der Waals surface area contributed by atoms with Gasteiger partial charge in [0.25, 0.3) is 0 Å². The Labute approximate surface area is 94.9 Å². The highest BCUT2D eigenvalue weighted by molar-refractivity contribution is 5.43. The van der Waals surface area contributed by atoms with Gasteiger partial charge in [0, 0.05) is 24.7 Å². The minimum Gasteiger partial charge on any atom is -0.388 e. The van der Waals surface area contributed by atoms with E-state index in [1.54, 1.807) is 24.1 Å². The third-order valence-corrected chi connectivity index (χ3v) is 3.58. The molecular weight excluding hydrogens is 207 g/mol. The van der Waals surface area contributed by atoms with Crippen molar-refractivity contribution in [2.24, 2.45) is 5.41 Å². The lowest BCUT2D eigenvalue weighted by atomic mass is 9.79. The van der Waals surface area contributed by atoms with Crippen molar-refractivity contribution >= 4 is 5.82 Å². The van der Waals surface area contributed by atoms with E-state index in [-0.39, 0.29) is 11.2 Å². The van der Waals surface area contributed by atoms with Crippen LogP contribution in [0.5, 0.6) is 0 Å². The largest absolute Gasteiger partial charge is 0.388 e. The number of aromatic nitrogens is 1. The monoisotopic (exact) mass is 224 g/mol. The van der Waals surface area contributed by atoms with Crippen LogP contribution in [0, 0.1) is 11.2 Å². The maximum absolute atomic E-state index is 13.6. The summed E-state index contributed by atoms with van der Waals surface area (Å²) in [5.74, 6) is -0.00986. The summed E-state index contributed by atoms with van der Waals surface area (Å²) < 4.78 is 13.6. The van der Waals surface area contributed by atoms with Gasteiger partial charge in [-0.15, -0.1) is 0 Å². The van der Waals surface area contributed by atoms with Crippen LogP contribution in [-0.4, -0.2) is 28.8 Å². The molecule has 2 heterocycles. The number of hydrogen-bond acceptors (Lipinski definition) is 3. The molecule has 0 aromatic carbocycles. The first kappa shape index (κ1) is 11.3. The molecule has 1 aliphatic heterocycles. The number of aliphatic hydroxyl groups is 1. The molecule has 3 nitrogen and oxygen atoms in total. The van der Waals surface area contributed by atoms with E-state index in [2.05, 4.69) is 4.98 Å². The normalized spacial score (nSPS) is 28.4. The van der Waals surface area contributed by atoms with Crippen molar-refractivity contribution in [1.82, 2.24) is 4.98 Å². The standard InChI is InChI=1S/C12H17FN2O/c1-11(2)7-15(8-12(11,3)16)10-9(13)5-4-6-14-10/h4-6,16H,7-8H2,1-3H3/t12-/m0/s1. The predicted octanol–water partition coefficient (Wildman–Crippen LogP) is 1.82. The zero-order valence-electron chi connectivity index (χ0n) is 9.87. The van der Waals surface area contributed by atoms with E-state index in [1.165, 1.54) is 6.07 Å². The summed E-state index contributed by atoms with van der Waals surface area (Å²) in [6.45, 7) is 6.76. The summed E-state index contributed by atoms with van der Waals surface area (Å²) in [5, 5.41) is 10.3. The van der Waals surface area contributed by atoms with Gasteiger partial charge in [-0.25, -0.2) is 9.37 Å². The number of halogens is 1. The maximum Gasteiger partial charge on any atom is 0.165 e. The fourth-order valence-corrected chi connectivity index (χ4v) is 2.05. The molecule has 1 atom stereocenters. The average Bonchev–Trinajstić information content (AvgIpc) is 2.36. The lowest BCUT2D eigenvalue weighted by Gasteiger charge is -2.30. The van der Waals surface area contributed by atoms with Gasteiger partial charge < -0.3 is 10.0 Å². The molecular formula is C12H17FN2O. The predicted molar refractivity (Wildman–Crippen MR) is 60.8 cm³/mol. The van der Waals surface area contributed by atoms with Gasteiger partial charge in [0.15, 0.2) is 11.6 Å². The smallest absolute Gasteiger partial charge is 0.165 e. The van der Waals surface area contributed by atoms with Gasteiger partial charge in [-0.05, 0) is 19.1 Å². The van der Waals surface area contributed by atoms with E-state index in [0.717, 1.165) is 0 Å². The Morgan fingerprint density at radius 1 is 1.38 bits per heavy atom. The highest BCUT2D eigenvalue weighted by atomic mass is 19.1. The van der Waals surface area contributed by atoms with E-state index >= 15 is 0 Å². The molecule has 1 fully saturated rings. The molecule has 1 aromatic rings. The molecule has 0 radical (unpaired) electrons. The second-order valence-electron chi connectivity index (χ2n) is 5.32. The number of hydrogen-bond donors (Lipinski definition) is 1. The molecule has 88 valence electrons. The van der Waals surface area contributed by atoms with Crippen molar-refractivity contribution in [3.8, 4) is 0 Å². The first-order valence-corrected chi connectivity index (χ1v) is 5.41. The molecule has 2 rings (SSSR count). The quantitative estimate of drug-likeness (QED) is 0.790. The highest BCUT2D eigenvalue weighted by Gasteiger charge is 2.48. The van der Waals surface area contributed by atoms with E-state index in [9.17, 15) is 9.50 Å². The van der Waals surface area contributed by atoms with Crippen molar-refractivity contribution in [2.75, 3.05) is 18.0 Å². The zero-order chi connectivity index (χ0) is 12.0. The van der Waals surface area contributed by atoms with E-state index in [0.29, 0.717) is 18.9 Å². The molecule has 0 saturated carbocycles. The Hall–Kier alpha value is -1.16. The van der Waals surface area contributed by atoms with Crippen molar-refractivity contribution in [1.29, 1.82) is 0 Å². The SMILES string of the molecule is CC1(C)CN(c2ncccc2F)C[C@]1(C)O. The molecule has 0 unspecified atom stereocenters. The minimum absolute atomic E-state index is 0.267. The summed E-state index contributed by atoms with van der Waals surface area (Å²) in [6, 6.07) is 2.96. The average molecular weight is 224 g/mol. The number of β-amino-alcohol motifs (C(OH)–C–C–N with tert-alkyl or cyclic N) is 1. The molecule has 0 aliphatic carbocycles. The van der Waals surface area contributed by atoms with Gasteiger partial charge in [0.05, 0.1) is 5.60 Å². The minimum atomic E-state index is -0.822. The van der Waals surface area contributed by atoms with Crippen LogP contribution in [-0.2, 0) is 0 Å². The van der Waals surface area contributed by atoms with Gasteiger partial charge in [0.1, 0.15) is 0 Å². The van der Waals surface area contributed by atoms with E-state index in [1.807, 2.05) is 13.8 Å². The Morgan fingerprint density at radius 3 is 2.56 bits per heavy atom. The molecule has 16 heavy (non-hydrogen) atoms. The lowest BCUT2D eigenvalue weighted by Crippen LogP contribution is -2.40. The van der Waals surface area contributed by atoms with Crippen LogP contribution < -0.4 is 4.90 Å². The van der Waals surface area contributed by atoms with Gasteiger partial charge in [-0.3, -0.25) is 0 Å². The van der Waals surface area contributed by atoms with Crippen LogP contribution in [0.15, 0.2) is 18.3 Å². The topological polar surface area (TPSA) is 36.4 Å². The van der Waals surface area contributed by atoms with Crippen LogP contribution in [0.2, 0.25) is 0 Å². The molecule has 0 spiro atoms. The number of nitrogens with zero attached hydrogens (tertiary/aromatic N) is 2. The van der Waals surface area contributed by atoms with Gasteiger partial charge in [-0.1, -0.05) is 13.8 Å². The molecule has 0 amide bonds. The summed E-state index contributed by atoms with van der Waals surface area (Å²) in [5.41, 5.74) is -1.09. The lowest BCUT2D eigenvalue weighted by molar-refractivity contribution is -0.00891. The van der Waals surface area contributed by atoms with Crippen LogP contribution in [0.4, 0.5) is 10.2 Å². The maximum atomic E-state index is 13.6. The van der Waals surface area contributed by atoms with Crippen LogP contribution in [0.1, 0.15) is 20.8 Å². The van der Waals surface area contributed by atoms with E-state index < -0.39 is 5.60 Å². The number of anilines is 1. The fraction of sp³-hybridized carbons (Fsp3) is 0.583.